The predicted octanol–water partition coefficient (Wildman–Crippen LogP) is 4.89. The van der Waals surface area contributed by atoms with E-state index in [9.17, 15) is 0 Å². The van der Waals surface area contributed by atoms with Crippen LogP contribution in [0.4, 0.5) is 11.5 Å². The molecule has 0 bridgehead atoms. The average Bonchev–Trinajstić information content (AvgIpc) is 3.16. The third-order valence-electron chi connectivity index (χ3n) is 4.34. The van der Waals surface area contributed by atoms with Crippen molar-refractivity contribution in [1.29, 1.82) is 0 Å². The number of oxazole rings is 1. The highest BCUT2D eigenvalue weighted by Gasteiger charge is 2.11. The Bertz CT molecular complexity index is 1280. The lowest BCUT2D eigenvalue weighted by Crippen LogP contribution is -2.00. The van der Waals surface area contributed by atoms with Crippen molar-refractivity contribution in [2.45, 2.75) is 6.92 Å². The maximum atomic E-state index is 5.31. The molecule has 0 aliphatic rings. The van der Waals surface area contributed by atoms with E-state index in [-0.39, 0.29) is 0 Å². The number of aryl methyl sites for hydroxylation is 1. The maximum absolute atomic E-state index is 5.31. The van der Waals surface area contributed by atoms with Crippen molar-refractivity contribution in [3.63, 3.8) is 0 Å². The molecule has 5 rings (SSSR count). The fourth-order valence-electron chi connectivity index (χ4n) is 3.02. The summed E-state index contributed by atoms with van der Waals surface area (Å²) in [6.45, 7) is 2.03. The summed E-state index contributed by atoms with van der Waals surface area (Å²) in [5.41, 5.74) is 5.13. The van der Waals surface area contributed by atoms with Crippen LogP contribution in [0.15, 0.2) is 71.6 Å². The van der Waals surface area contributed by atoms with Gasteiger partial charge in [0.05, 0.1) is 5.52 Å². The first-order chi connectivity index (χ1) is 13.3. The lowest BCUT2D eigenvalue weighted by atomic mass is 10.2. The van der Waals surface area contributed by atoms with Gasteiger partial charge < -0.3 is 9.73 Å². The molecule has 0 amide bonds. The van der Waals surface area contributed by atoms with Crippen molar-refractivity contribution in [3.05, 3.63) is 72.8 Å². The van der Waals surface area contributed by atoms with Crippen LogP contribution in [0, 0.1) is 6.92 Å². The Morgan fingerprint density at radius 1 is 0.889 bits per heavy atom. The fraction of sp³-hybridized carbons (Fsp3) is 0.0476. The van der Waals surface area contributed by atoms with Gasteiger partial charge in [-0.1, -0.05) is 12.1 Å². The molecule has 0 radical (unpaired) electrons. The summed E-state index contributed by atoms with van der Waals surface area (Å²) in [5, 5.41) is 4.33. The molecule has 0 saturated heterocycles. The minimum absolute atomic E-state index is 0.586. The monoisotopic (exact) mass is 353 g/mol. The first-order valence-electron chi connectivity index (χ1n) is 8.56. The van der Waals surface area contributed by atoms with Crippen LogP contribution in [-0.4, -0.2) is 19.9 Å². The molecule has 0 saturated carbocycles. The van der Waals surface area contributed by atoms with E-state index in [1.54, 1.807) is 6.20 Å². The zero-order valence-electron chi connectivity index (χ0n) is 14.5. The Hall–Kier alpha value is -3.80. The van der Waals surface area contributed by atoms with Crippen LogP contribution in [-0.2, 0) is 0 Å². The molecule has 27 heavy (non-hydrogen) atoms. The highest BCUT2D eigenvalue weighted by atomic mass is 16.3. The summed E-state index contributed by atoms with van der Waals surface area (Å²) in [5.74, 6) is 1.31. The van der Waals surface area contributed by atoms with Gasteiger partial charge in [-0.3, -0.25) is 4.98 Å². The van der Waals surface area contributed by atoms with Crippen molar-refractivity contribution in [2.24, 2.45) is 0 Å². The summed E-state index contributed by atoms with van der Waals surface area (Å²) in [6, 6.07) is 17.6. The minimum atomic E-state index is 0.586. The first kappa shape index (κ1) is 15.5. The molecular weight excluding hydrogens is 338 g/mol. The van der Waals surface area contributed by atoms with Crippen molar-refractivity contribution >= 4 is 33.5 Å². The number of anilines is 2. The Labute approximate surface area is 154 Å². The van der Waals surface area contributed by atoms with Gasteiger partial charge in [-0.05, 0) is 55.0 Å². The molecule has 6 nitrogen and oxygen atoms in total. The number of nitrogens with zero attached hydrogens (tertiary/aromatic N) is 4. The molecule has 0 unspecified atom stereocenters. The molecule has 3 aromatic heterocycles. The van der Waals surface area contributed by atoms with E-state index < -0.39 is 0 Å². The number of fused-ring (bicyclic) bond motifs is 2. The molecule has 0 fully saturated rings. The number of hydrogen-bond donors (Lipinski definition) is 1. The third-order valence-corrected chi connectivity index (χ3v) is 4.34. The van der Waals surface area contributed by atoms with Gasteiger partial charge in [-0.15, -0.1) is 0 Å². The lowest BCUT2D eigenvalue weighted by Gasteiger charge is -2.11. The van der Waals surface area contributed by atoms with Crippen LogP contribution >= 0.6 is 0 Å². The zero-order chi connectivity index (χ0) is 18.2. The van der Waals surface area contributed by atoms with Crippen LogP contribution in [0.2, 0.25) is 0 Å². The Morgan fingerprint density at radius 3 is 2.74 bits per heavy atom. The minimum Gasteiger partial charge on any atom is -0.443 e. The van der Waals surface area contributed by atoms with E-state index in [1.165, 1.54) is 6.39 Å². The number of benzene rings is 2. The van der Waals surface area contributed by atoms with Crippen LogP contribution < -0.4 is 5.32 Å². The van der Waals surface area contributed by atoms with E-state index >= 15 is 0 Å². The third kappa shape index (κ3) is 2.87. The predicted molar refractivity (Wildman–Crippen MR) is 105 cm³/mol. The van der Waals surface area contributed by atoms with Crippen molar-refractivity contribution in [1.82, 2.24) is 19.9 Å². The SMILES string of the molecule is Cc1ccnc(-c2nc(Nc3ccc4ocnc4c3)c3ccccc3n2)c1. The second-order valence-electron chi connectivity index (χ2n) is 6.29. The Kier molecular flexibility index (Phi) is 3.53. The molecule has 130 valence electrons. The summed E-state index contributed by atoms with van der Waals surface area (Å²) in [7, 11) is 0. The summed E-state index contributed by atoms with van der Waals surface area (Å²) in [4.78, 5) is 18.1. The molecule has 1 N–H and O–H groups in total. The van der Waals surface area contributed by atoms with Gasteiger partial charge in [0.25, 0.3) is 0 Å². The largest absolute Gasteiger partial charge is 0.443 e. The van der Waals surface area contributed by atoms with Crippen LogP contribution in [0.25, 0.3) is 33.5 Å². The highest BCUT2D eigenvalue weighted by molar-refractivity contribution is 5.92. The molecule has 5 aromatic rings. The highest BCUT2D eigenvalue weighted by Crippen LogP contribution is 2.28. The number of nitrogens with one attached hydrogen (secondary N) is 1. The lowest BCUT2D eigenvalue weighted by molar-refractivity contribution is 0.602. The van der Waals surface area contributed by atoms with E-state index in [2.05, 4.69) is 20.3 Å². The van der Waals surface area contributed by atoms with Crippen LogP contribution in [0.1, 0.15) is 5.56 Å². The normalized spacial score (nSPS) is 11.1. The first-order valence-corrected chi connectivity index (χ1v) is 8.56. The van der Waals surface area contributed by atoms with Crippen molar-refractivity contribution < 1.29 is 4.42 Å². The van der Waals surface area contributed by atoms with E-state index in [0.717, 1.165) is 44.8 Å². The molecule has 3 heterocycles. The van der Waals surface area contributed by atoms with Gasteiger partial charge >= 0.3 is 0 Å². The molecule has 0 spiro atoms. The Balaban J connectivity index is 1.65. The van der Waals surface area contributed by atoms with Gasteiger partial charge in [-0.2, -0.15) is 0 Å². The second-order valence-corrected chi connectivity index (χ2v) is 6.29. The smallest absolute Gasteiger partial charge is 0.181 e. The van der Waals surface area contributed by atoms with Gasteiger partial charge in [0.2, 0.25) is 0 Å². The molecule has 0 aliphatic carbocycles. The summed E-state index contributed by atoms with van der Waals surface area (Å²) < 4.78 is 5.31. The van der Waals surface area contributed by atoms with Gasteiger partial charge in [0.15, 0.2) is 17.8 Å². The average molecular weight is 353 g/mol. The topological polar surface area (TPSA) is 76.7 Å². The molecule has 2 aromatic carbocycles. The van der Waals surface area contributed by atoms with E-state index in [4.69, 9.17) is 9.40 Å². The number of rotatable bonds is 3. The zero-order valence-corrected chi connectivity index (χ0v) is 14.5. The quantitative estimate of drug-likeness (QED) is 0.498. The van der Waals surface area contributed by atoms with Gasteiger partial charge in [0, 0.05) is 17.3 Å². The van der Waals surface area contributed by atoms with Gasteiger partial charge in [0.1, 0.15) is 17.0 Å². The fourth-order valence-corrected chi connectivity index (χ4v) is 3.02. The molecular formula is C21H15N5O. The number of hydrogen-bond acceptors (Lipinski definition) is 6. The van der Waals surface area contributed by atoms with Crippen LogP contribution in [0.3, 0.4) is 0 Å². The van der Waals surface area contributed by atoms with E-state index in [1.807, 2.05) is 61.5 Å². The number of aromatic nitrogens is 4. The van der Waals surface area contributed by atoms with Gasteiger partial charge in [-0.25, -0.2) is 15.0 Å². The Morgan fingerprint density at radius 2 is 1.81 bits per heavy atom. The van der Waals surface area contributed by atoms with Crippen LogP contribution in [0.5, 0.6) is 0 Å². The molecule has 6 heteroatoms. The second kappa shape index (κ2) is 6.17. The summed E-state index contributed by atoms with van der Waals surface area (Å²) in [6.07, 6.45) is 3.21. The van der Waals surface area contributed by atoms with Crippen molar-refractivity contribution in [2.75, 3.05) is 5.32 Å². The van der Waals surface area contributed by atoms with E-state index in [0.29, 0.717) is 5.82 Å². The van der Waals surface area contributed by atoms with Crippen molar-refractivity contribution in [3.8, 4) is 11.5 Å². The number of para-hydroxylation sites is 1. The standard InChI is InChI=1S/C21H15N5O/c1-13-8-9-22-18(10-13)21-25-16-5-3-2-4-15(16)20(26-21)24-14-6-7-19-17(11-14)23-12-27-19/h2-12H,1H3,(H,24,25,26). The maximum Gasteiger partial charge on any atom is 0.181 e. The molecule has 0 aliphatic heterocycles. The summed E-state index contributed by atoms with van der Waals surface area (Å²) >= 11 is 0. The number of pyridine rings is 1. The molecule has 0 atom stereocenters.